The number of hydrogen-bond acceptors (Lipinski definition) is 4. The first-order valence-corrected chi connectivity index (χ1v) is 4.80. The summed E-state index contributed by atoms with van der Waals surface area (Å²) in [7, 11) is 0. The lowest BCUT2D eigenvalue weighted by molar-refractivity contribution is -0.193. The Kier molecular flexibility index (Phi) is 2.56. The molecule has 0 saturated carbocycles. The van der Waals surface area contributed by atoms with Crippen LogP contribution in [0.1, 0.15) is 12.8 Å². The molecule has 2 rings (SSSR count). The van der Waals surface area contributed by atoms with Crippen LogP contribution in [0.25, 0.3) is 0 Å². The van der Waals surface area contributed by atoms with E-state index in [-0.39, 0.29) is 12.1 Å². The van der Waals surface area contributed by atoms with Crippen molar-refractivity contribution >= 4 is 5.97 Å². The first kappa shape index (κ1) is 9.68. The molecule has 78 valence electrons. The van der Waals surface area contributed by atoms with Crippen molar-refractivity contribution < 1.29 is 19.0 Å². The van der Waals surface area contributed by atoms with E-state index >= 15 is 0 Å². The van der Waals surface area contributed by atoms with Crippen LogP contribution >= 0.6 is 0 Å². The lowest BCUT2D eigenvalue weighted by Crippen LogP contribution is -2.48. The van der Waals surface area contributed by atoms with Crippen LogP contribution in [-0.4, -0.2) is 37.5 Å². The molecule has 0 amide bonds. The lowest BCUT2D eigenvalue weighted by atomic mass is 9.93. The van der Waals surface area contributed by atoms with Gasteiger partial charge in [0.15, 0.2) is 5.60 Å². The van der Waals surface area contributed by atoms with Crippen molar-refractivity contribution in [2.45, 2.75) is 24.5 Å². The molecule has 14 heavy (non-hydrogen) atoms. The zero-order valence-corrected chi connectivity index (χ0v) is 8.03. The van der Waals surface area contributed by atoms with Crippen LogP contribution in [0.5, 0.6) is 0 Å². The van der Waals surface area contributed by atoms with Crippen molar-refractivity contribution in [1.82, 2.24) is 0 Å². The molecule has 0 aromatic heterocycles. The Labute approximate surface area is 82.8 Å². The average Bonchev–Trinajstić information content (AvgIpc) is 2.95. The number of carbonyl (C=O) groups is 1. The van der Waals surface area contributed by atoms with Gasteiger partial charge in [-0.15, -0.1) is 6.58 Å². The van der Waals surface area contributed by atoms with Gasteiger partial charge in [-0.05, 0) is 0 Å². The Bertz CT molecular complexity index is 247. The van der Waals surface area contributed by atoms with E-state index < -0.39 is 5.60 Å². The number of hydrogen-bond donors (Lipinski definition) is 0. The molecule has 0 aliphatic carbocycles. The summed E-state index contributed by atoms with van der Waals surface area (Å²) in [5.74, 6) is -0.279. The van der Waals surface area contributed by atoms with Crippen molar-refractivity contribution in [3.63, 3.8) is 0 Å². The molecular weight excluding hydrogens is 184 g/mol. The third kappa shape index (κ3) is 1.81. The van der Waals surface area contributed by atoms with Gasteiger partial charge < -0.3 is 14.2 Å². The molecule has 2 heterocycles. The van der Waals surface area contributed by atoms with Gasteiger partial charge in [-0.2, -0.15) is 0 Å². The summed E-state index contributed by atoms with van der Waals surface area (Å²) in [5.41, 5.74) is -0.832. The number of epoxide rings is 1. The molecule has 0 bridgehead atoms. The lowest BCUT2D eigenvalue weighted by Gasteiger charge is -2.33. The molecule has 0 spiro atoms. The highest BCUT2D eigenvalue weighted by Gasteiger charge is 2.47. The van der Waals surface area contributed by atoms with Gasteiger partial charge >= 0.3 is 5.97 Å². The van der Waals surface area contributed by atoms with E-state index in [0.29, 0.717) is 26.1 Å². The molecule has 2 aliphatic heterocycles. The van der Waals surface area contributed by atoms with Gasteiger partial charge in [0.1, 0.15) is 6.61 Å². The molecule has 2 unspecified atom stereocenters. The van der Waals surface area contributed by atoms with Gasteiger partial charge in [-0.1, -0.05) is 6.08 Å². The first-order chi connectivity index (χ1) is 6.77. The highest BCUT2D eigenvalue weighted by molar-refractivity contribution is 5.80. The molecule has 2 fully saturated rings. The number of esters is 1. The van der Waals surface area contributed by atoms with Gasteiger partial charge in [0.2, 0.25) is 0 Å². The highest BCUT2D eigenvalue weighted by atomic mass is 16.6. The minimum atomic E-state index is -0.832. The second-order valence-electron chi connectivity index (χ2n) is 3.63. The fourth-order valence-electron chi connectivity index (χ4n) is 1.72. The molecule has 2 saturated heterocycles. The smallest absolute Gasteiger partial charge is 0.338 e. The molecular formula is C10H14O4. The average molecular weight is 198 g/mol. The van der Waals surface area contributed by atoms with E-state index in [1.807, 2.05) is 0 Å². The van der Waals surface area contributed by atoms with Gasteiger partial charge in [0, 0.05) is 12.8 Å². The van der Waals surface area contributed by atoms with Crippen molar-refractivity contribution in [3.8, 4) is 0 Å². The first-order valence-electron chi connectivity index (χ1n) is 4.80. The number of ether oxygens (including phenoxy) is 3. The van der Waals surface area contributed by atoms with Gasteiger partial charge in [0.25, 0.3) is 0 Å². The minimum Gasteiger partial charge on any atom is -0.461 e. The molecule has 4 nitrogen and oxygen atoms in total. The van der Waals surface area contributed by atoms with Crippen LogP contribution in [0.15, 0.2) is 12.7 Å². The third-order valence-corrected chi connectivity index (χ3v) is 2.50. The predicted octanol–water partition coefficient (Wildman–Crippen LogP) is 0.664. The van der Waals surface area contributed by atoms with Crippen molar-refractivity contribution in [3.05, 3.63) is 12.7 Å². The largest absolute Gasteiger partial charge is 0.461 e. The van der Waals surface area contributed by atoms with Gasteiger partial charge in [-0.25, -0.2) is 4.79 Å². The molecule has 0 radical (unpaired) electrons. The summed E-state index contributed by atoms with van der Waals surface area (Å²) in [6, 6.07) is 0. The van der Waals surface area contributed by atoms with Gasteiger partial charge in [-0.3, -0.25) is 0 Å². The summed E-state index contributed by atoms with van der Waals surface area (Å²) >= 11 is 0. The number of rotatable bonds is 4. The highest BCUT2D eigenvalue weighted by Crippen LogP contribution is 2.32. The van der Waals surface area contributed by atoms with Crippen LogP contribution in [0.2, 0.25) is 0 Å². The third-order valence-electron chi connectivity index (χ3n) is 2.50. The summed E-state index contributed by atoms with van der Waals surface area (Å²) in [5, 5.41) is 0. The van der Waals surface area contributed by atoms with E-state index in [9.17, 15) is 4.79 Å². The second-order valence-corrected chi connectivity index (χ2v) is 3.63. The summed E-state index contributed by atoms with van der Waals surface area (Å²) in [6.45, 7) is 5.17. The van der Waals surface area contributed by atoms with Crippen molar-refractivity contribution in [2.75, 3.05) is 19.8 Å². The topological polar surface area (TPSA) is 48.1 Å². The fraction of sp³-hybridized carbons (Fsp3) is 0.700. The van der Waals surface area contributed by atoms with Crippen molar-refractivity contribution in [2.24, 2.45) is 0 Å². The molecule has 0 aromatic rings. The Balaban J connectivity index is 2.08. The van der Waals surface area contributed by atoms with E-state index in [1.165, 1.54) is 0 Å². The van der Waals surface area contributed by atoms with Crippen LogP contribution in [0.3, 0.4) is 0 Å². The maximum atomic E-state index is 11.6. The SMILES string of the molecule is C=CCC1(CC2CO2)OCCOC1=O. The van der Waals surface area contributed by atoms with E-state index in [0.717, 1.165) is 6.61 Å². The zero-order valence-electron chi connectivity index (χ0n) is 8.03. The Morgan fingerprint density at radius 3 is 2.93 bits per heavy atom. The molecule has 2 atom stereocenters. The number of carbonyl (C=O) groups excluding carboxylic acids is 1. The second kappa shape index (κ2) is 3.71. The molecule has 2 aliphatic rings. The monoisotopic (exact) mass is 198 g/mol. The summed E-state index contributed by atoms with van der Waals surface area (Å²) in [4.78, 5) is 11.6. The number of cyclic esters (lactones) is 1. The maximum Gasteiger partial charge on any atom is 0.338 e. The molecule has 4 heteroatoms. The van der Waals surface area contributed by atoms with Gasteiger partial charge in [0.05, 0.1) is 19.3 Å². The van der Waals surface area contributed by atoms with Crippen LogP contribution in [0.4, 0.5) is 0 Å². The van der Waals surface area contributed by atoms with Crippen LogP contribution < -0.4 is 0 Å². The fourth-order valence-corrected chi connectivity index (χ4v) is 1.72. The Morgan fingerprint density at radius 2 is 2.36 bits per heavy atom. The predicted molar refractivity (Wildman–Crippen MR) is 48.8 cm³/mol. The Morgan fingerprint density at radius 1 is 1.57 bits per heavy atom. The zero-order chi connectivity index (χ0) is 10.0. The quantitative estimate of drug-likeness (QED) is 0.378. The van der Waals surface area contributed by atoms with E-state index in [1.54, 1.807) is 6.08 Å². The summed E-state index contributed by atoms with van der Waals surface area (Å²) in [6.07, 6.45) is 2.92. The van der Waals surface area contributed by atoms with E-state index in [4.69, 9.17) is 14.2 Å². The maximum absolute atomic E-state index is 11.6. The normalized spacial score (nSPS) is 36.3. The summed E-state index contributed by atoms with van der Waals surface area (Å²) < 4.78 is 15.7. The van der Waals surface area contributed by atoms with Crippen LogP contribution in [-0.2, 0) is 19.0 Å². The Hall–Kier alpha value is -0.870. The standard InChI is InChI=1S/C10H14O4/c1-2-3-10(6-8-7-13-8)9(11)12-4-5-14-10/h2,8H,1,3-7H2. The minimum absolute atomic E-state index is 0.153. The molecule has 0 aromatic carbocycles. The van der Waals surface area contributed by atoms with Crippen molar-refractivity contribution in [1.29, 1.82) is 0 Å². The van der Waals surface area contributed by atoms with E-state index in [2.05, 4.69) is 6.58 Å². The molecule has 0 N–H and O–H groups in total. The van der Waals surface area contributed by atoms with Crippen LogP contribution in [0, 0.1) is 0 Å².